The third kappa shape index (κ3) is 12.2. The molecule has 9 atom stereocenters. The van der Waals surface area contributed by atoms with Crippen molar-refractivity contribution in [3.63, 3.8) is 0 Å². The molecule has 1 unspecified atom stereocenters. The molecule has 0 aromatic heterocycles. The summed E-state index contributed by atoms with van der Waals surface area (Å²) < 4.78 is 12.2. The van der Waals surface area contributed by atoms with Crippen molar-refractivity contribution in [2.24, 2.45) is 46.3 Å². The molecular weight excluding hydrogens is 761 g/mol. The van der Waals surface area contributed by atoms with E-state index >= 15 is 0 Å². The maximum Gasteiger partial charge on any atom is 0.519 e. The number of carbonyl (C=O) groups excluding carboxylic acids is 1. The summed E-state index contributed by atoms with van der Waals surface area (Å²) in [6, 6.07) is 14.6. The largest absolute Gasteiger partial charge is 0.519 e. The van der Waals surface area contributed by atoms with Crippen molar-refractivity contribution in [2.45, 2.75) is 227 Å². The van der Waals surface area contributed by atoms with Gasteiger partial charge in [0, 0.05) is 0 Å². The fourth-order valence-corrected chi connectivity index (χ4v) is 13.8. The number of aliphatic hydroxyl groups is 1. The highest BCUT2D eigenvalue weighted by atomic mass is 16.7. The van der Waals surface area contributed by atoms with Gasteiger partial charge in [0.2, 0.25) is 0 Å². The van der Waals surface area contributed by atoms with Crippen molar-refractivity contribution < 1.29 is 19.4 Å². The van der Waals surface area contributed by atoms with Crippen LogP contribution < -0.4 is 9.47 Å². The molecule has 1 N–H and O–H groups in total. The minimum Gasteiger partial charge on any atom is -0.395 e. The molecule has 2 aromatic carbocycles. The SMILES string of the molecule is CCCCCCCCCc1ccc(OC(=O)Oc2ccc(CCCCCCCCC)cc2C2C[C@H](O)CC3=CC[C@H]4[C@@H]5CC[C@H]([C@H](C)CCCC(C)C)[C@@]5(C)CC[C@@H]4[C@@]32C)cc1. The molecule has 0 radical (unpaired) electrons. The Labute approximate surface area is 380 Å². The van der Waals surface area contributed by atoms with Gasteiger partial charge in [0.05, 0.1) is 6.10 Å². The van der Waals surface area contributed by atoms with Crippen molar-refractivity contribution in [1.29, 1.82) is 0 Å². The molecule has 2 aromatic rings. The number of allylic oxidation sites excluding steroid dienone is 1. The van der Waals surface area contributed by atoms with Gasteiger partial charge in [-0.3, -0.25) is 0 Å². The van der Waals surface area contributed by atoms with E-state index in [1.165, 1.54) is 152 Å². The first kappa shape index (κ1) is 48.9. The van der Waals surface area contributed by atoms with Crippen LogP contribution in [0.4, 0.5) is 4.79 Å². The van der Waals surface area contributed by atoms with E-state index in [0.717, 1.165) is 54.9 Å². The van der Waals surface area contributed by atoms with Crippen LogP contribution in [-0.4, -0.2) is 17.4 Å². The summed E-state index contributed by atoms with van der Waals surface area (Å²) in [6.45, 7) is 17.1. The maximum absolute atomic E-state index is 13.7. The van der Waals surface area contributed by atoms with Crippen LogP contribution in [-0.2, 0) is 12.8 Å². The topological polar surface area (TPSA) is 55.8 Å². The maximum atomic E-state index is 13.7. The average molecular weight is 851 g/mol. The van der Waals surface area contributed by atoms with Crippen LogP contribution >= 0.6 is 0 Å². The second-order valence-electron chi connectivity index (χ2n) is 22.0. The highest BCUT2D eigenvalue weighted by Gasteiger charge is 2.61. The van der Waals surface area contributed by atoms with Crippen LogP contribution in [0.15, 0.2) is 54.1 Å². The Morgan fingerprint density at radius 3 is 2.02 bits per heavy atom. The predicted octanol–water partition coefficient (Wildman–Crippen LogP) is 16.9. The minimum atomic E-state index is -0.683. The number of ether oxygens (including phenoxy) is 2. The molecular formula is C58H90O4. The smallest absolute Gasteiger partial charge is 0.395 e. The number of rotatable bonds is 24. The van der Waals surface area contributed by atoms with Gasteiger partial charge in [0.1, 0.15) is 11.5 Å². The van der Waals surface area contributed by atoms with Crippen LogP contribution in [0.3, 0.4) is 0 Å². The summed E-state index contributed by atoms with van der Waals surface area (Å²) in [5, 5.41) is 11.6. The lowest BCUT2D eigenvalue weighted by atomic mass is 9.44. The lowest BCUT2D eigenvalue weighted by Gasteiger charge is -2.60. The molecule has 4 heteroatoms. The van der Waals surface area contributed by atoms with Gasteiger partial charge < -0.3 is 14.6 Å². The third-order valence-corrected chi connectivity index (χ3v) is 17.3. The van der Waals surface area contributed by atoms with E-state index in [9.17, 15) is 9.90 Å². The zero-order chi connectivity index (χ0) is 44.1. The van der Waals surface area contributed by atoms with Gasteiger partial charge in [-0.05, 0) is 158 Å². The number of hydrogen-bond donors (Lipinski definition) is 1. The molecule has 0 aliphatic heterocycles. The molecule has 346 valence electrons. The molecule has 0 amide bonds. The molecule has 4 aliphatic carbocycles. The first-order valence-corrected chi connectivity index (χ1v) is 26.5. The molecule has 3 fully saturated rings. The second kappa shape index (κ2) is 23.6. The number of hydrogen-bond acceptors (Lipinski definition) is 4. The predicted molar refractivity (Wildman–Crippen MR) is 260 cm³/mol. The second-order valence-corrected chi connectivity index (χ2v) is 22.0. The summed E-state index contributed by atoms with van der Waals surface area (Å²) >= 11 is 0. The first-order chi connectivity index (χ1) is 30.0. The molecule has 3 saturated carbocycles. The fraction of sp³-hybridized carbons (Fsp3) is 0.741. The molecule has 0 spiro atoms. The molecule has 4 aliphatic rings. The van der Waals surface area contributed by atoms with Gasteiger partial charge in [-0.1, -0.05) is 181 Å². The lowest BCUT2D eigenvalue weighted by Crippen LogP contribution is -2.53. The Morgan fingerprint density at radius 1 is 0.726 bits per heavy atom. The van der Waals surface area contributed by atoms with Crippen LogP contribution in [0.1, 0.15) is 225 Å². The van der Waals surface area contributed by atoms with E-state index in [2.05, 4.69) is 78.8 Å². The quantitative estimate of drug-likeness (QED) is 0.0495. The Balaban J connectivity index is 1.20. The van der Waals surface area contributed by atoms with Gasteiger partial charge >= 0.3 is 6.16 Å². The standard InChI is InChI=1S/C58H90O4/c1-8-10-12-14-16-18-20-25-44-27-31-48(32-28-44)61-56(60)62-55-36-29-45(26-21-19-17-15-13-11-9-2)39-50(55)54-41-47(59)40-46-30-33-49-52-35-34-51(43(5)24-22-23-42(3)4)57(52,6)38-37-53(49)58(46,54)7/h27-32,36,39,42-43,47,49,51-54,59H,8-26,33-35,37-38,40-41H2,1-7H3/t43-,47-,49+,51-,52+,53+,54?,57-,58-/m1/s1. The Morgan fingerprint density at radius 2 is 1.35 bits per heavy atom. The normalized spacial score (nSPS) is 28.5. The summed E-state index contributed by atoms with van der Waals surface area (Å²) in [5.41, 5.74) is 5.44. The number of unbranched alkanes of at least 4 members (excludes halogenated alkanes) is 12. The number of aliphatic hydroxyl groups excluding tert-OH is 1. The third-order valence-electron chi connectivity index (χ3n) is 17.3. The Bertz CT molecular complexity index is 1690. The zero-order valence-corrected chi connectivity index (χ0v) is 40.8. The number of benzene rings is 2. The van der Waals surface area contributed by atoms with Crippen LogP contribution in [0.25, 0.3) is 0 Å². The van der Waals surface area contributed by atoms with Crippen molar-refractivity contribution >= 4 is 6.16 Å². The van der Waals surface area contributed by atoms with E-state index in [-0.39, 0.29) is 11.3 Å². The summed E-state index contributed by atoms with van der Waals surface area (Å²) in [7, 11) is 0. The molecule has 6 rings (SSSR count). The van der Waals surface area contributed by atoms with E-state index in [0.29, 0.717) is 35.2 Å². The molecule has 0 bridgehead atoms. The Kier molecular flexibility index (Phi) is 18.6. The summed E-state index contributed by atoms with van der Waals surface area (Å²) in [6.07, 6.45) is 33.6. The fourth-order valence-electron chi connectivity index (χ4n) is 13.8. The molecule has 62 heavy (non-hydrogen) atoms. The monoisotopic (exact) mass is 851 g/mol. The zero-order valence-electron chi connectivity index (χ0n) is 40.8. The Hall–Kier alpha value is -2.59. The van der Waals surface area contributed by atoms with Crippen molar-refractivity contribution in [3.05, 3.63) is 70.8 Å². The van der Waals surface area contributed by atoms with Crippen molar-refractivity contribution in [2.75, 3.05) is 0 Å². The lowest BCUT2D eigenvalue weighted by molar-refractivity contribution is -0.0654. The number of aryl methyl sites for hydroxylation is 2. The highest BCUT2D eigenvalue weighted by molar-refractivity contribution is 5.68. The van der Waals surface area contributed by atoms with E-state index in [4.69, 9.17) is 9.47 Å². The number of fused-ring (bicyclic) bond motifs is 5. The first-order valence-electron chi connectivity index (χ1n) is 26.5. The molecule has 0 saturated heterocycles. The van der Waals surface area contributed by atoms with Crippen molar-refractivity contribution in [1.82, 2.24) is 0 Å². The summed E-state index contributed by atoms with van der Waals surface area (Å²) in [5.74, 6) is 5.54. The van der Waals surface area contributed by atoms with Gasteiger partial charge in [0.15, 0.2) is 0 Å². The van der Waals surface area contributed by atoms with Gasteiger partial charge in [0.25, 0.3) is 0 Å². The van der Waals surface area contributed by atoms with Crippen LogP contribution in [0.5, 0.6) is 11.5 Å². The molecule has 0 heterocycles. The minimum absolute atomic E-state index is 0.0598. The van der Waals surface area contributed by atoms with E-state index < -0.39 is 12.3 Å². The number of carbonyl (C=O) groups is 1. The van der Waals surface area contributed by atoms with Gasteiger partial charge in [-0.15, -0.1) is 0 Å². The molecule has 4 nitrogen and oxygen atoms in total. The summed E-state index contributed by atoms with van der Waals surface area (Å²) in [4.78, 5) is 13.7. The average Bonchev–Trinajstić information content (AvgIpc) is 3.61. The van der Waals surface area contributed by atoms with Crippen LogP contribution in [0, 0.1) is 46.3 Å². The van der Waals surface area contributed by atoms with E-state index in [1.807, 2.05) is 18.2 Å². The van der Waals surface area contributed by atoms with E-state index in [1.54, 1.807) is 0 Å². The highest BCUT2D eigenvalue weighted by Crippen LogP contribution is 2.69. The van der Waals surface area contributed by atoms with Gasteiger partial charge in [-0.2, -0.15) is 0 Å². The van der Waals surface area contributed by atoms with Gasteiger partial charge in [-0.25, -0.2) is 4.79 Å². The van der Waals surface area contributed by atoms with Crippen molar-refractivity contribution in [3.8, 4) is 11.5 Å². The van der Waals surface area contributed by atoms with Crippen LogP contribution in [0.2, 0.25) is 0 Å².